The van der Waals surface area contributed by atoms with Gasteiger partial charge in [0.1, 0.15) is 16.7 Å². The molecule has 0 unspecified atom stereocenters. The molecule has 5 nitrogen and oxygen atoms in total. The van der Waals surface area contributed by atoms with Crippen LogP contribution in [0.3, 0.4) is 0 Å². The minimum Gasteiger partial charge on any atom is -0.495 e. The number of hydrogen-bond donors (Lipinski definition) is 0. The van der Waals surface area contributed by atoms with E-state index in [2.05, 4.69) is 4.98 Å². The lowest BCUT2D eigenvalue weighted by molar-refractivity contribution is 0.0996. The van der Waals surface area contributed by atoms with Gasteiger partial charge in [0.05, 0.1) is 35.3 Å². The number of carbonyl (C=O) groups is 1. The molecule has 2 heterocycles. The zero-order valence-corrected chi connectivity index (χ0v) is 18.2. The molecule has 29 heavy (non-hydrogen) atoms. The van der Waals surface area contributed by atoms with Crippen molar-refractivity contribution in [2.24, 2.45) is 0 Å². The summed E-state index contributed by atoms with van der Waals surface area (Å²) in [5.41, 5.74) is 1.33. The van der Waals surface area contributed by atoms with Crippen molar-refractivity contribution < 1.29 is 14.3 Å². The van der Waals surface area contributed by atoms with E-state index in [9.17, 15) is 4.79 Å². The van der Waals surface area contributed by atoms with E-state index in [-0.39, 0.29) is 5.91 Å². The predicted octanol–water partition coefficient (Wildman–Crippen LogP) is 6.05. The molecule has 2 aromatic carbocycles. The number of pyridine rings is 1. The Labute approximate surface area is 181 Å². The van der Waals surface area contributed by atoms with Gasteiger partial charge in [-0.1, -0.05) is 41.4 Å². The van der Waals surface area contributed by atoms with Crippen LogP contribution in [0.1, 0.15) is 9.67 Å². The summed E-state index contributed by atoms with van der Waals surface area (Å²) in [5, 5.41) is 2.48. The number of amides is 1. The second kappa shape index (κ2) is 7.71. The summed E-state index contributed by atoms with van der Waals surface area (Å²) in [6.07, 6.45) is 0. The number of aromatic nitrogens is 1. The third kappa shape index (κ3) is 3.37. The maximum absolute atomic E-state index is 13.2. The van der Waals surface area contributed by atoms with E-state index in [0.29, 0.717) is 32.2 Å². The maximum atomic E-state index is 13.2. The Hall–Kier alpha value is -2.54. The Balaban J connectivity index is 1.81. The highest BCUT2D eigenvalue weighted by atomic mass is 35.5. The standard InChI is InChI=1S/C21H16Cl2N2O3S/c1-25(15-9-13(22)16(27-2)10-17(15)28-3)21(26)18-8-12-19(29-18)11-6-4-5-7-14(11)24-20(12)23/h4-10H,1-3H3. The van der Waals surface area contributed by atoms with Crippen molar-refractivity contribution in [1.29, 1.82) is 0 Å². The second-order valence-corrected chi connectivity index (χ2v) is 8.11. The van der Waals surface area contributed by atoms with Crippen LogP contribution in [0.25, 0.3) is 21.0 Å². The van der Waals surface area contributed by atoms with Gasteiger partial charge in [0.25, 0.3) is 5.91 Å². The number of methoxy groups -OCH3 is 2. The zero-order valence-electron chi connectivity index (χ0n) is 15.8. The van der Waals surface area contributed by atoms with Crippen LogP contribution in [0.4, 0.5) is 5.69 Å². The van der Waals surface area contributed by atoms with E-state index in [1.807, 2.05) is 24.3 Å². The average molecular weight is 447 g/mol. The monoisotopic (exact) mass is 446 g/mol. The first-order chi connectivity index (χ1) is 13.9. The number of fused-ring (bicyclic) bond motifs is 3. The number of ether oxygens (including phenoxy) is 2. The molecular formula is C21H16Cl2N2O3S. The summed E-state index contributed by atoms with van der Waals surface area (Å²) in [4.78, 5) is 19.7. The van der Waals surface area contributed by atoms with Gasteiger partial charge in [0.2, 0.25) is 0 Å². The molecule has 0 aliphatic heterocycles. The number of hydrogen-bond acceptors (Lipinski definition) is 5. The molecule has 0 atom stereocenters. The zero-order chi connectivity index (χ0) is 20.7. The highest BCUT2D eigenvalue weighted by molar-refractivity contribution is 7.22. The first kappa shape index (κ1) is 19.8. The fourth-order valence-electron chi connectivity index (χ4n) is 3.16. The molecule has 148 valence electrons. The number of anilines is 1. The van der Waals surface area contributed by atoms with Crippen LogP contribution in [-0.4, -0.2) is 32.2 Å². The number of nitrogens with zero attached hydrogens (tertiary/aromatic N) is 2. The van der Waals surface area contributed by atoms with Crippen LogP contribution in [0.15, 0.2) is 42.5 Å². The van der Waals surface area contributed by atoms with E-state index in [1.54, 1.807) is 25.2 Å². The van der Waals surface area contributed by atoms with Crippen molar-refractivity contribution in [2.45, 2.75) is 0 Å². The number of thiophene rings is 1. The van der Waals surface area contributed by atoms with Gasteiger partial charge in [-0.2, -0.15) is 0 Å². The molecule has 8 heteroatoms. The lowest BCUT2D eigenvalue weighted by Crippen LogP contribution is -2.25. The third-order valence-corrected chi connectivity index (χ3v) is 6.39. The highest BCUT2D eigenvalue weighted by Crippen LogP contribution is 2.40. The summed E-state index contributed by atoms with van der Waals surface area (Å²) in [6, 6.07) is 12.8. The fourth-order valence-corrected chi connectivity index (χ4v) is 4.86. The first-order valence-corrected chi connectivity index (χ1v) is 10.2. The Morgan fingerprint density at radius 2 is 1.76 bits per heavy atom. The van der Waals surface area contributed by atoms with Gasteiger partial charge in [0.15, 0.2) is 0 Å². The van der Waals surface area contributed by atoms with Gasteiger partial charge < -0.3 is 14.4 Å². The molecule has 0 fully saturated rings. The van der Waals surface area contributed by atoms with Crippen LogP contribution >= 0.6 is 34.5 Å². The van der Waals surface area contributed by atoms with Gasteiger partial charge in [0, 0.05) is 28.6 Å². The van der Waals surface area contributed by atoms with E-state index < -0.39 is 0 Å². The lowest BCUT2D eigenvalue weighted by atomic mass is 10.2. The number of halogens is 2. The Morgan fingerprint density at radius 3 is 2.48 bits per heavy atom. The van der Waals surface area contributed by atoms with Crippen molar-refractivity contribution in [2.75, 3.05) is 26.2 Å². The van der Waals surface area contributed by atoms with Crippen molar-refractivity contribution in [3.8, 4) is 11.5 Å². The number of para-hydroxylation sites is 1. The minimum absolute atomic E-state index is 0.203. The molecule has 0 bridgehead atoms. The minimum atomic E-state index is -0.203. The topological polar surface area (TPSA) is 51.7 Å². The van der Waals surface area contributed by atoms with E-state index in [0.717, 1.165) is 21.0 Å². The Kier molecular flexibility index (Phi) is 5.25. The van der Waals surface area contributed by atoms with Crippen molar-refractivity contribution in [3.63, 3.8) is 0 Å². The fraction of sp³-hybridized carbons (Fsp3) is 0.143. The second-order valence-electron chi connectivity index (χ2n) is 6.30. The molecule has 0 spiro atoms. The van der Waals surface area contributed by atoms with Gasteiger partial charge in [-0.25, -0.2) is 4.98 Å². The first-order valence-electron chi connectivity index (χ1n) is 8.62. The highest BCUT2D eigenvalue weighted by Gasteiger charge is 2.22. The molecule has 0 N–H and O–H groups in total. The quantitative estimate of drug-likeness (QED) is 0.358. The van der Waals surface area contributed by atoms with Crippen LogP contribution in [-0.2, 0) is 0 Å². The maximum Gasteiger partial charge on any atom is 0.268 e. The van der Waals surface area contributed by atoms with Crippen molar-refractivity contribution in [1.82, 2.24) is 4.98 Å². The number of carbonyl (C=O) groups excluding carboxylic acids is 1. The van der Waals surface area contributed by atoms with E-state index in [1.165, 1.54) is 30.5 Å². The van der Waals surface area contributed by atoms with Crippen LogP contribution in [0.5, 0.6) is 11.5 Å². The summed E-state index contributed by atoms with van der Waals surface area (Å²) < 4.78 is 11.6. The number of benzene rings is 2. The number of rotatable bonds is 4. The van der Waals surface area contributed by atoms with Crippen molar-refractivity contribution in [3.05, 3.63) is 57.5 Å². The SMILES string of the molecule is COc1cc(OC)c(N(C)C(=O)c2cc3c(Cl)nc4ccccc4c3s2)cc1Cl. The van der Waals surface area contributed by atoms with Crippen LogP contribution in [0, 0.1) is 0 Å². The van der Waals surface area contributed by atoms with Gasteiger partial charge in [-0.05, 0) is 18.2 Å². The molecule has 4 rings (SSSR count). The Bertz CT molecular complexity index is 1260. The molecule has 0 saturated carbocycles. The smallest absolute Gasteiger partial charge is 0.268 e. The lowest BCUT2D eigenvalue weighted by Gasteiger charge is -2.20. The third-order valence-electron chi connectivity index (χ3n) is 4.65. The average Bonchev–Trinajstić information content (AvgIpc) is 3.19. The Morgan fingerprint density at radius 1 is 1.03 bits per heavy atom. The molecular weight excluding hydrogens is 431 g/mol. The largest absolute Gasteiger partial charge is 0.495 e. The van der Waals surface area contributed by atoms with Gasteiger partial charge >= 0.3 is 0 Å². The summed E-state index contributed by atoms with van der Waals surface area (Å²) in [6.45, 7) is 0. The van der Waals surface area contributed by atoms with Crippen molar-refractivity contribution >= 4 is 67.1 Å². The van der Waals surface area contributed by atoms with E-state index >= 15 is 0 Å². The van der Waals surface area contributed by atoms with Crippen LogP contribution < -0.4 is 14.4 Å². The summed E-state index contributed by atoms with van der Waals surface area (Å²) >= 11 is 14.0. The summed E-state index contributed by atoms with van der Waals surface area (Å²) in [7, 11) is 4.72. The van der Waals surface area contributed by atoms with Gasteiger partial charge in [-0.3, -0.25) is 4.79 Å². The molecule has 2 aromatic heterocycles. The van der Waals surface area contributed by atoms with Gasteiger partial charge in [-0.15, -0.1) is 11.3 Å². The normalized spacial score (nSPS) is 11.1. The molecule has 0 radical (unpaired) electrons. The van der Waals surface area contributed by atoms with Crippen LogP contribution in [0.2, 0.25) is 10.2 Å². The molecule has 4 aromatic rings. The molecule has 1 amide bonds. The van der Waals surface area contributed by atoms with E-state index in [4.69, 9.17) is 32.7 Å². The predicted molar refractivity (Wildman–Crippen MR) is 119 cm³/mol. The summed E-state index contributed by atoms with van der Waals surface area (Å²) in [5.74, 6) is 0.749. The molecule has 0 aliphatic carbocycles. The molecule has 0 saturated heterocycles. The molecule has 0 aliphatic rings.